The molecule has 25 heavy (non-hydrogen) atoms. The fraction of sp³-hybridized carbons (Fsp3) is 0.0526. The lowest BCUT2D eigenvalue weighted by Crippen LogP contribution is -2.22. The van der Waals surface area contributed by atoms with Crippen molar-refractivity contribution >= 4 is 39.7 Å². The average molecular weight is 368 g/mol. The van der Waals surface area contributed by atoms with Gasteiger partial charge in [0.15, 0.2) is 0 Å². The minimum Gasteiger partial charge on any atom is -0.347 e. The van der Waals surface area contributed by atoms with Gasteiger partial charge in [-0.1, -0.05) is 29.8 Å². The number of nitrogens with one attached hydrogen (secondary N) is 2. The number of hydrogen-bond donors (Lipinski definition) is 2. The Hall–Kier alpha value is -2.63. The van der Waals surface area contributed by atoms with Crippen molar-refractivity contribution in [2.75, 3.05) is 0 Å². The molecular formula is C19H14ClN3OS. The Kier molecular flexibility index (Phi) is 4.26. The highest BCUT2D eigenvalue weighted by atomic mass is 35.5. The number of carbonyl (C=O) groups is 1. The molecule has 0 unspecified atom stereocenters. The molecule has 4 nitrogen and oxygen atoms in total. The third kappa shape index (κ3) is 3.29. The summed E-state index contributed by atoms with van der Waals surface area (Å²) in [6.45, 7) is 0.529. The third-order valence-corrected chi connectivity index (χ3v) is 5.04. The van der Waals surface area contributed by atoms with Gasteiger partial charge in [0.2, 0.25) is 0 Å². The van der Waals surface area contributed by atoms with E-state index in [1.54, 1.807) is 17.4 Å². The summed E-state index contributed by atoms with van der Waals surface area (Å²) in [6, 6.07) is 17.0. The Balaban J connectivity index is 1.65. The normalized spacial score (nSPS) is 10.9. The molecule has 4 rings (SSSR count). The van der Waals surface area contributed by atoms with Crippen molar-refractivity contribution in [1.82, 2.24) is 15.5 Å². The minimum absolute atomic E-state index is 0.103. The van der Waals surface area contributed by atoms with Gasteiger partial charge in [-0.15, -0.1) is 11.3 Å². The molecule has 0 bridgehead atoms. The van der Waals surface area contributed by atoms with Crippen LogP contribution in [0, 0.1) is 0 Å². The molecule has 0 spiro atoms. The molecule has 0 fully saturated rings. The summed E-state index contributed by atoms with van der Waals surface area (Å²) in [5.41, 5.74) is 3.18. The summed E-state index contributed by atoms with van der Waals surface area (Å²) < 4.78 is 0. The molecule has 0 radical (unpaired) electrons. The summed E-state index contributed by atoms with van der Waals surface area (Å²) in [5, 5.41) is 13.9. The molecule has 0 saturated carbocycles. The molecular weight excluding hydrogens is 354 g/mol. The van der Waals surface area contributed by atoms with E-state index in [1.807, 2.05) is 53.9 Å². The van der Waals surface area contributed by atoms with E-state index in [1.165, 1.54) is 0 Å². The average Bonchev–Trinajstić information content (AvgIpc) is 3.28. The molecule has 124 valence electrons. The molecule has 0 saturated heterocycles. The van der Waals surface area contributed by atoms with E-state index in [9.17, 15) is 4.79 Å². The molecule has 0 aliphatic rings. The first kappa shape index (κ1) is 15.9. The number of halogens is 1. The molecule has 0 aliphatic heterocycles. The van der Waals surface area contributed by atoms with E-state index in [0.717, 1.165) is 27.0 Å². The van der Waals surface area contributed by atoms with Crippen LogP contribution in [0.3, 0.4) is 0 Å². The first-order valence-electron chi connectivity index (χ1n) is 7.75. The van der Waals surface area contributed by atoms with Gasteiger partial charge in [-0.2, -0.15) is 5.10 Å². The van der Waals surface area contributed by atoms with Crippen LogP contribution >= 0.6 is 22.9 Å². The quantitative estimate of drug-likeness (QED) is 0.540. The van der Waals surface area contributed by atoms with Crippen molar-refractivity contribution in [2.24, 2.45) is 0 Å². The maximum atomic E-state index is 12.4. The predicted octanol–water partition coefficient (Wildman–Crippen LogP) is 4.87. The molecule has 2 aromatic carbocycles. The Bertz CT molecular complexity index is 1040. The van der Waals surface area contributed by atoms with Gasteiger partial charge in [0.1, 0.15) is 0 Å². The van der Waals surface area contributed by atoms with E-state index >= 15 is 0 Å². The highest BCUT2D eigenvalue weighted by molar-refractivity contribution is 7.09. The van der Waals surface area contributed by atoms with Crippen molar-refractivity contribution < 1.29 is 4.79 Å². The number of nitrogens with zero attached hydrogens (tertiary/aromatic N) is 1. The smallest absolute Gasteiger partial charge is 0.251 e. The maximum absolute atomic E-state index is 12.4. The van der Waals surface area contributed by atoms with Gasteiger partial charge in [-0.3, -0.25) is 9.89 Å². The highest BCUT2D eigenvalue weighted by Gasteiger charge is 2.12. The molecule has 1 amide bonds. The van der Waals surface area contributed by atoms with E-state index in [2.05, 4.69) is 15.5 Å². The number of amides is 1. The molecule has 2 N–H and O–H groups in total. The lowest BCUT2D eigenvalue weighted by molar-refractivity contribution is 0.0951. The summed E-state index contributed by atoms with van der Waals surface area (Å²) in [6.07, 6.45) is 0. The minimum atomic E-state index is -0.103. The van der Waals surface area contributed by atoms with Crippen molar-refractivity contribution in [3.05, 3.63) is 75.4 Å². The number of fused-ring (bicyclic) bond motifs is 1. The van der Waals surface area contributed by atoms with E-state index in [0.29, 0.717) is 17.1 Å². The lowest BCUT2D eigenvalue weighted by Gasteiger charge is -2.05. The van der Waals surface area contributed by atoms with Crippen molar-refractivity contribution in [3.8, 4) is 11.3 Å². The monoisotopic (exact) mass is 367 g/mol. The van der Waals surface area contributed by atoms with Crippen LogP contribution in [-0.2, 0) is 6.54 Å². The number of hydrogen-bond acceptors (Lipinski definition) is 3. The van der Waals surface area contributed by atoms with Gasteiger partial charge in [0.25, 0.3) is 5.91 Å². The van der Waals surface area contributed by atoms with Gasteiger partial charge >= 0.3 is 0 Å². The zero-order chi connectivity index (χ0) is 17.2. The molecule has 2 aromatic heterocycles. The van der Waals surface area contributed by atoms with Gasteiger partial charge in [0.05, 0.1) is 17.8 Å². The van der Waals surface area contributed by atoms with Gasteiger partial charge in [0, 0.05) is 26.4 Å². The Morgan fingerprint density at radius 1 is 1.16 bits per heavy atom. The highest BCUT2D eigenvalue weighted by Crippen LogP contribution is 2.28. The summed E-state index contributed by atoms with van der Waals surface area (Å²) in [4.78, 5) is 13.6. The van der Waals surface area contributed by atoms with Crippen LogP contribution < -0.4 is 5.32 Å². The number of carbonyl (C=O) groups excluding carboxylic acids is 1. The van der Waals surface area contributed by atoms with Crippen LogP contribution in [0.4, 0.5) is 0 Å². The Morgan fingerprint density at radius 3 is 2.88 bits per heavy atom. The topological polar surface area (TPSA) is 57.8 Å². The van der Waals surface area contributed by atoms with Crippen LogP contribution in [-0.4, -0.2) is 16.1 Å². The van der Waals surface area contributed by atoms with Gasteiger partial charge in [-0.05, 0) is 41.8 Å². The van der Waals surface area contributed by atoms with E-state index < -0.39 is 0 Å². The molecule has 0 atom stereocenters. The maximum Gasteiger partial charge on any atom is 0.251 e. The van der Waals surface area contributed by atoms with Crippen molar-refractivity contribution in [1.29, 1.82) is 0 Å². The number of thiophene rings is 1. The van der Waals surface area contributed by atoms with Gasteiger partial charge in [-0.25, -0.2) is 0 Å². The van der Waals surface area contributed by atoms with Gasteiger partial charge < -0.3 is 5.32 Å². The SMILES string of the molecule is O=C(NCc1cccs1)c1ccc2[nH]nc(-c3cccc(Cl)c3)c2c1. The predicted molar refractivity (Wildman–Crippen MR) is 102 cm³/mol. The van der Waals surface area contributed by atoms with Crippen LogP contribution in [0.25, 0.3) is 22.2 Å². The first-order chi connectivity index (χ1) is 12.2. The molecule has 6 heteroatoms. The zero-order valence-electron chi connectivity index (χ0n) is 13.1. The fourth-order valence-corrected chi connectivity index (χ4v) is 3.53. The number of rotatable bonds is 4. The van der Waals surface area contributed by atoms with Crippen molar-refractivity contribution in [2.45, 2.75) is 6.54 Å². The second-order valence-corrected chi connectivity index (χ2v) is 7.07. The Labute approximate surface area is 153 Å². The third-order valence-electron chi connectivity index (χ3n) is 3.93. The number of benzene rings is 2. The van der Waals surface area contributed by atoms with Crippen LogP contribution in [0.15, 0.2) is 60.0 Å². The first-order valence-corrected chi connectivity index (χ1v) is 9.01. The van der Waals surface area contributed by atoms with E-state index in [4.69, 9.17) is 11.6 Å². The number of aromatic nitrogens is 2. The zero-order valence-corrected chi connectivity index (χ0v) is 14.7. The molecule has 4 aromatic rings. The lowest BCUT2D eigenvalue weighted by atomic mass is 10.1. The summed E-state index contributed by atoms with van der Waals surface area (Å²) in [7, 11) is 0. The number of aromatic amines is 1. The van der Waals surface area contributed by atoms with E-state index in [-0.39, 0.29) is 5.91 Å². The van der Waals surface area contributed by atoms with Crippen molar-refractivity contribution in [3.63, 3.8) is 0 Å². The number of H-pyrrole nitrogens is 1. The standard InChI is InChI=1S/C19H14ClN3OS/c20-14-4-1-3-12(9-14)18-16-10-13(6-7-17(16)22-23-18)19(24)21-11-15-5-2-8-25-15/h1-10H,11H2,(H,21,24)(H,22,23). The largest absolute Gasteiger partial charge is 0.347 e. The Morgan fingerprint density at radius 2 is 2.08 bits per heavy atom. The van der Waals surface area contributed by atoms with Crippen LogP contribution in [0.1, 0.15) is 15.2 Å². The summed E-state index contributed by atoms with van der Waals surface area (Å²) in [5.74, 6) is -0.103. The molecule has 2 heterocycles. The summed E-state index contributed by atoms with van der Waals surface area (Å²) >= 11 is 7.71. The second kappa shape index (κ2) is 6.70. The molecule has 0 aliphatic carbocycles. The fourth-order valence-electron chi connectivity index (χ4n) is 2.69. The second-order valence-electron chi connectivity index (χ2n) is 5.60. The van der Waals surface area contributed by atoms with Crippen LogP contribution in [0.2, 0.25) is 5.02 Å². The van der Waals surface area contributed by atoms with Crippen LogP contribution in [0.5, 0.6) is 0 Å².